The smallest absolute Gasteiger partial charge is 0.759 e. The molecule has 7 heavy (non-hydrogen) atoms. The van der Waals surface area contributed by atoms with Gasteiger partial charge in [-0.25, -0.2) is 0 Å². The standard InChI is InChI=1S/Ba.H2O4S.Sm/c;1-5(2,3)4;/h;(H2,1,2,3,4);/q+2;;/p-2. The summed E-state index contributed by atoms with van der Waals surface area (Å²) < 4.78 is 34.1. The Hall–Kier alpha value is 2.78. The van der Waals surface area contributed by atoms with Crippen LogP contribution < -0.4 is 0 Å². The van der Waals surface area contributed by atoms with E-state index in [-0.39, 0.29) is 89.3 Å². The minimum atomic E-state index is -5.17. The van der Waals surface area contributed by atoms with Crippen LogP contribution in [0.2, 0.25) is 0 Å². The van der Waals surface area contributed by atoms with Crippen molar-refractivity contribution >= 4 is 59.3 Å². The monoisotopic (exact) mass is 386 g/mol. The summed E-state index contributed by atoms with van der Waals surface area (Å²) >= 11 is 0. The maximum Gasteiger partial charge on any atom is 2.00 e. The van der Waals surface area contributed by atoms with Crippen LogP contribution in [0, 0.1) is 40.4 Å². The van der Waals surface area contributed by atoms with Crippen LogP contribution in [0.3, 0.4) is 0 Å². The first-order chi connectivity index (χ1) is 2.00. The molecule has 0 aromatic carbocycles. The summed E-state index contributed by atoms with van der Waals surface area (Å²) in [6, 6.07) is 0. The van der Waals surface area contributed by atoms with E-state index in [4.69, 9.17) is 17.5 Å². The van der Waals surface area contributed by atoms with Crippen molar-refractivity contribution < 1.29 is 57.9 Å². The van der Waals surface area contributed by atoms with Gasteiger partial charge in [-0.1, -0.05) is 0 Å². The molecule has 0 atom stereocenters. The first-order valence-corrected chi connectivity index (χ1v) is 2.00. The summed E-state index contributed by atoms with van der Waals surface area (Å²) in [4.78, 5) is 0. The third-order valence-corrected chi connectivity index (χ3v) is 0. The van der Waals surface area contributed by atoms with E-state index < -0.39 is 10.4 Å². The van der Waals surface area contributed by atoms with E-state index in [1.807, 2.05) is 0 Å². The van der Waals surface area contributed by atoms with Gasteiger partial charge in [-0.15, -0.1) is 0 Å². The summed E-state index contributed by atoms with van der Waals surface area (Å²) in [7, 11) is -5.17. The molecule has 0 aliphatic carbocycles. The van der Waals surface area contributed by atoms with E-state index in [9.17, 15) is 0 Å². The zero-order chi connectivity index (χ0) is 4.50. The molecule has 0 fully saturated rings. The largest absolute Gasteiger partial charge is 2.00 e. The third kappa shape index (κ3) is 52.2. The molecule has 0 N–H and O–H groups in total. The van der Waals surface area contributed by atoms with Gasteiger partial charge in [0.1, 0.15) is 0 Å². The maximum atomic E-state index is 8.52. The normalized spacial score (nSPS) is 8.29. The Bertz CT molecular complexity index is 94.9. The Balaban J connectivity index is -0.0000000800. The third-order valence-electron chi connectivity index (χ3n) is 0. The topological polar surface area (TPSA) is 80.3 Å². The Kier molecular flexibility index (Phi) is 16.1. The second kappa shape index (κ2) is 6.89. The zero-order valence-corrected chi connectivity index (χ0v) is 11.0. The molecular weight excluding hydrogens is 384 g/mol. The van der Waals surface area contributed by atoms with Crippen molar-refractivity contribution in [2.24, 2.45) is 0 Å². The fraction of sp³-hybridized carbons (Fsp3) is 0. The maximum absolute atomic E-state index is 8.52. The van der Waals surface area contributed by atoms with Crippen LogP contribution in [-0.4, -0.2) is 66.4 Å². The van der Waals surface area contributed by atoms with E-state index in [0.717, 1.165) is 0 Å². The van der Waals surface area contributed by atoms with E-state index in [0.29, 0.717) is 0 Å². The Morgan fingerprint density at radius 2 is 1.14 bits per heavy atom. The predicted molar refractivity (Wildman–Crippen MR) is 16.2 cm³/mol. The molecule has 0 aromatic rings. The summed E-state index contributed by atoms with van der Waals surface area (Å²) in [5.41, 5.74) is 0. The Labute approximate surface area is 114 Å². The molecule has 0 radical (unpaired) electrons. The molecule has 0 unspecified atom stereocenters. The SMILES string of the molecule is O=S(=O)([O-])[O-].[Ba+2].[Sm]. The Morgan fingerprint density at radius 1 is 1.14 bits per heavy atom. The van der Waals surface area contributed by atoms with Gasteiger partial charge < -0.3 is 9.11 Å². The van der Waals surface area contributed by atoms with Crippen LogP contribution in [0.4, 0.5) is 0 Å². The quantitative estimate of drug-likeness (QED) is 0.283. The average molecular weight is 384 g/mol. The van der Waals surface area contributed by atoms with Crippen LogP contribution in [0.25, 0.3) is 0 Å². The molecule has 0 aromatic heterocycles. The van der Waals surface area contributed by atoms with Gasteiger partial charge in [-0.3, -0.25) is 8.42 Å². The molecule has 0 spiro atoms. The number of rotatable bonds is 0. The summed E-state index contributed by atoms with van der Waals surface area (Å²) in [5.74, 6) is 0. The van der Waals surface area contributed by atoms with Gasteiger partial charge in [0.15, 0.2) is 0 Å². The van der Waals surface area contributed by atoms with E-state index in [2.05, 4.69) is 0 Å². The van der Waals surface area contributed by atoms with Gasteiger partial charge >= 0.3 is 48.9 Å². The van der Waals surface area contributed by atoms with Crippen molar-refractivity contribution in [3.8, 4) is 0 Å². The Morgan fingerprint density at radius 3 is 1.14 bits per heavy atom. The van der Waals surface area contributed by atoms with Crippen molar-refractivity contribution in [1.82, 2.24) is 0 Å². The number of hydrogen-bond donors (Lipinski definition) is 0. The summed E-state index contributed by atoms with van der Waals surface area (Å²) in [5, 5.41) is 0. The van der Waals surface area contributed by atoms with Gasteiger partial charge in [-0.2, -0.15) is 0 Å². The molecule has 0 amide bonds. The molecule has 0 heterocycles. The average Bonchev–Trinajstić information content (AvgIpc) is 0.722. The van der Waals surface area contributed by atoms with Crippen LogP contribution in [-0.2, 0) is 10.4 Å². The fourth-order valence-electron chi connectivity index (χ4n) is 0. The molecule has 0 saturated heterocycles. The summed E-state index contributed by atoms with van der Waals surface area (Å²) in [6.45, 7) is 0. The van der Waals surface area contributed by atoms with Gasteiger partial charge in [0.05, 0.1) is 0 Å². The van der Waals surface area contributed by atoms with Gasteiger partial charge in [-0.05, 0) is 0 Å². The van der Waals surface area contributed by atoms with Crippen LogP contribution in [0.1, 0.15) is 0 Å². The first-order valence-electron chi connectivity index (χ1n) is 0.667. The van der Waals surface area contributed by atoms with Crippen molar-refractivity contribution in [2.45, 2.75) is 0 Å². The van der Waals surface area contributed by atoms with Crippen LogP contribution in [0.5, 0.6) is 0 Å². The van der Waals surface area contributed by atoms with E-state index >= 15 is 0 Å². The molecule has 4 nitrogen and oxygen atoms in total. The van der Waals surface area contributed by atoms with E-state index in [1.165, 1.54) is 0 Å². The minimum absolute atomic E-state index is 0. The van der Waals surface area contributed by atoms with Crippen molar-refractivity contribution in [2.75, 3.05) is 0 Å². The van der Waals surface area contributed by atoms with Crippen LogP contribution >= 0.6 is 0 Å². The molecule has 7 heteroatoms. The molecular formula is BaO4SSm. The minimum Gasteiger partial charge on any atom is -0.759 e. The second-order valence-electron chi connectivity index (χ2n) is 0.408. The van der Waals surface area contributed by atoms with Gasteiger partial charge in [0.2, 0.25) is 0 Å². The molecule has 0 saturated carbocycles. The van der Waals surface area contributed by atoms with Crippen molar-refractivity contribution in [3.63, 3.8) is 0 Å². The number of hydrogen-bond acceptors (Lipinski definition) is 4. The summed E-state index contributed by atoms with van der Waals surface area (Å²) in [6.07, 6.45) is 0. The predicted octanol–water partition coefficient (Wildman–Crippen LogP) is -1.72. The van der Waals surface area contributed by atoms with Crippen molar-refractivity contribution in [1.29, 1.82) is 0 Å². The molecule has 0 bridgehead atoms. The second-order valence-corrected chi connectivity index (χ2v) is 1.22. The zero-order valence-electron chi connectivity index (χ0n) is 3.16. The van der Waals surface area contributed by atoms with Crippen LogP contribution in [0.15, 0.2) is 0 Å². The molecule has 0 rings (SSSR count). The van der Waals surface area contributed by atoms with Crippen molar-refractivity contribution in [3.05, 3.63) is 0 Å². The first kappa shape index (κ1) is 16.4. The molecule has 0 aliphatic rings. The molecule has 38 valence electrons. The van der Waals surface area contributed by atoms with Gasteiger partial charge in [0, 0.05) is 50.8 Å². The molecule has 0 aliphatic heterocycles. The van der Waals surface area contributed by atoms with Gasteiger partial charge in [0.25, 0.3) is 0 Å². The van der Waals surface area contributed by atoms with E-state index in [1.54, 1.807) is 0 Å². The fourth-order valence-corrected chi connectivity index (χ4v) is 0.